The minimum Gasteiger partial charge on any atom is -0.317 e. The zero-order valence-corrected chi connectivity index (χ0v) is 20.2. The number of nitrogens with one attached hydrogen (secondary N) is 1. The van der Waals surface area contributed by atoms with Crippen LogP contribution in [0.2, 0.25) is 0 Å². The van der Waals surface area contributed by atoms with Gasteiger partial charge in [-0.2, -0.15) is 5.26 Å². The van der Waals surface area contributed by atoms with Crippen molar-refractivity contribution in [1.29, 1.82) is 5.26 Å². The van der Waals surface area contributed by atoms with E-state index in [0.29, 0.717) is 22.1 Å². The molecular formula is C25H28N4OS2. The smallest absolute Gasteiger partial charge is 0.280 e. The van der Waals surface area contributed by atoms with Crippen LogP contribution in [0.4, 0.5) is 10.8 Å². The van der Waals surface area contributed by atoms with Crippen molar-refractivity contribution in [3.05, 3.63) is 40.4 Å². The standard InChI is InChI=1S/C25H28N4OS2/c1-15-21(22(30)28-31-2)27-23(32-15)29(20-5-3-16(12-26)4-6-20)14-24-9-17-7-18-8-19(11-24)25(18,10-17)13-24/h3-6,17-19H,7-11,13-14H2,1-2H3,(H,28,30). The first kappa shape index (κ1) is 20.6. The van der Waals surface area contributed by atoms with Crippen LogP contribution >= 0.6 is 23.3 Å². The maximum absolute atomic E-state index is 12.5. The SMILES string of the molecule is CSNC(=O)c1nc(N(CC23CC4CC5CC(C2)C5(C4)C3)c2ccc(C#N)cc2)sc1C. The lowest BCUT2D eigenvalue weighted by atomic mass is 9.55. The van der Waals surface area contributed by atoms with Crippen LogP contribution in [0.1, 0.15) is 59.5 Å². The molecule has 1 aromatic carbocycles. The van der Waals surface area contributed by atoms with Crippen LogP contribution < -0.4 is 9.62 Å². The number of nitriles is 1. The Kier molecular flexibility index (Phi) is 4.64. The van der Waals surface area contributed by atoms with Gasteiger partial charge in [-0.3, -0.25) is 9.52 Å². The van der Waals surface area contributed by atoms with Gasteiger partial charge in [0.1, 0.15) is 5.69 Å². The summed E-state index contributed by atoms with van der Waals surface area (Å²) in [6, 6.07) is 10.1. The fourth-order valence-electron chi connectivity index (χ4n) is 7.89. The second-order valence-corrected chi connectivity index (χ2v) is 12.3. The van der Waals surface area contributed by atoms with E-state index in [1.165, 1.54) is 50.5 Å². The second kappa shape index (κ2) is 7.23. The average Bonchev–Trinajstić information content (AvgIpc) is 3.32. The molecule has 3 bridgehead atoms. The minimum atomic E-state index is -0.133. The topological polar surface area (TPSA) is 69.0 Å². The van der Waals surface area contributed by atoms with Crippen molar-refractivity contribution in [2.24, 2.45) is 28.6 Å². The number of benzene rings is 1. The maximum atomic E-state index is 12.5. The molecule has 4 aliphatic carbocycles. The summed E-state index contributed by atoms with van der Waals surface area (Å²) in [6.45, 7) is 2.93. The Morgan fingerprint density at radius 2 is 2.09 bits per heavy atom. The molecule has 4 saturated carbocycles. The molecule has 0 aliphatic heterocycles. The van der Waals surface area contributed by atoms with Crippen LogP contribution in [-0.4, -0.2) is 23.7 Å². The molecule has 4 fully saturated rings. The largest absolute Gasteiger partial charge is 0.317 e. The molecule has 5 atom stereocenters. The number of aromatic nitrogens is 1. The van der Waals surface area contributed by atoms with E-state index in [-0.39, 0.29) is 5.91 Å². The zero-order chi connectivity index (χ0) is 22.1. The van der Waals surface area contributed by atoms with Gasteiger partial charge in [-0.15, -0.1) is 11.3 Å². The Morgan fingerprint density at radius 3 is 2.84 bits per heavy atom. The molecule has 5 unspecified atom stereocenters. The number of hydrogen-bond acceptors (Lipinski definition) is 6. The highest BCUT2D eigenvalue weighted by Gasteiger charge is 2.70. The van der Waals surface area contributed by atoms with E-state index < -0.39 is 0 Å². The molecule has 0 radical (unpaired) electrons. The molecule has 32 heavy (non-hydrogen) atoms. The highest BCUT2D eigenvalue weighted by atomic mass is 32.2. The first-order chi connectivity index (χ1) is 15.4. The molecule has 1 heterocycles. The Labute approximate surface area is 197 Å². The van der Waals surface area contributed by atoms with Crippen LogP contribution in [0.15, 0.2) is 24.3 Å². The molecule has 6 rings (SSSR count). The number of aryl methyl sites for hydroxylation is 1. The first-order valence-corrected chi connectivity index (χ1v) is 13.6. The second-order valence-electron chi connectivity index (χ2n) is 10.5. The molecule has 1 amide bonds. The third-order valence-electron chi connectivity index (χ3n) is 8.81. The molecule has 0 saturated heterocycles. The normalized spacial score (nSPS) is 33.5. The molecular weight excluding hydrogens is 436 g/mol. The fraction of sp³-hybridized carbons (Fsp3) is 0.560. The van der Waals surface area contributed by atoms with Crippen LogP contribution in [0.5, 0.6) is 0 Å². The molecule has 2 aromatic rings. The number of anilines is 2. The average molecular weight is 465 g/mol. The van der Waals surface area contributed by atoms with Crippen LogP contribution in [-0.2, 0) is 0 Å². The number of carbonyl (C=O) groups is 1. The van der Waals surface area contributed by atoms with Crippen molar-refractivity contribution in [2.45, 2.75) is 45.4 Å². The van der Waals surface area contributed by atoms with Crippen molar-refractivity contribution >= 4 is 40.0 Å². The lowest BCUT2D eigenvalue weighted by molar-refractivity contribution is -0.00221. The van der Waals surface area contributed by atoms with Gasteiger partial charge in [0.25, 0.3) is 5.91 Å². The van der Waals surface area contributed by atoms with Gasteiger partial charge in [0.05, 0.1) is 11.6 Å². The maximum Gasteiger partial charge on any atom is 0.280 e. The van der Waals surface area contributed by atoms with Crippen LogP contribution in [0.25, 0.3) is 0 Å². The Balaban J connectivity index is 1.37. The monoisotopic (exact) mass is 464 g/mol. The Morgan fingerprint density at radius 1 is 1.28 bits per heavy atom. The third kappa shape index (κ3) is 2.95. The Bertz CT molecular complexity index is 1120. The van der Waals surface area contributed by atoms with E-state index in [1.54, 1.807) is 11.3 Å². The summed E-state index contributed by atoms with van der Waals surface area (Å²) in [5.74, 6) is 2.66. The van der Waals surface area contributed by atoms with Gasteiger partial charge in [0.15, 0.2) is 5.13 Å². The fourth-order valence-corrected chi connectivity index (χ4v) is 9.10. The highest BCUT2D eigenvalue weighted by Crippen LogP contribution is 2.79. The lowest BCUT2D eigenvalue weighted by Gasteiger charge is -2.49. The van der Waals surface area contributed by atoms with Gasteiger partial charge < -0.3 is 4.90 Å². The summed E-state index contributed by atoms with van der Waals surface area (Å²) in [6.07, 6.45) is 10.3. The minimum absolute atomic E-state index is 0.133. The number of rotatable bonds is 6. The van der Waals surface area contributed by atoms with E-state index in [0.717, 1.165) is 40.0 Å². The molecule has 5 nitrogen and oxygen atoms in total. The summed E-state index contributed by atoms with van der Waals surface area (Å²) in [4.78, 5) is 20.6. The van der Waals surface area contributed by atoms with Gasteiger partial charge in [0, 0.05) is 23.4 Å². The van der Waals surface area contributed by atoms with Gasteiger partial charge >= 0.3 is 0 Å². The van der Waals surface area contributed by atoms with Crippen molar-refractivity contribution < 1.29 is 4.79 Å². The molecule has 1 aromatic heterocycles. The highest BCUT2D eigenvalue weighted by molar-refractivity contribution is 7.97. The van der Waals surface area contributed by atoms with Crippen molar-refractivity contribution in [2.75, 3.05) is 17.7 Å². The number of carbonyl (C=O) groups excluding carboxylic acids is 1. The van der Waals surface area contributed by atoms with Crippen molar-refractivity contribution in [3.63, 3.8) is 0 Å². The van der Waals surface area contributed by atoms with Gasteiger partial charge in [-0.1, -0.05) is 11.9 Å². The summed E-state index contributed by atoms with van der Waals surface area (Å²) >= 11 is 2.90. The summed E-state index contributed by atoms with van der Waals surface area (Å²) < 4.78 is 2.81. The molecule has 7 heteroatoms. The number of hydrogen-bond donors (Lipinski definition) is 1. The predicted molar refractivity (Wildman–Crippen MR) is 129 cm³/mol. The molecule has 166 valence electrons. The van der Waals surface area contributed by atoms with Crippen molar-refractivity contribution in [1.82, 2.24) is 9.71 Å². The van der Waals surface area contributed by atoms with E-state index in [2.05, 4.69) is 15.7 Å². The number of fused-ring (bicyclic) bond motifs is 2. The molecule has 1 N–H and O–H groups in total. The van der Waals surface area contributed by atoms with Gasteiger partial charge in [-0.25, -0.2) is 4.98 Å². The number of thiazole rings is 1. The third-order valence-corrected chi connectivity index (χ3v) is 10.2. The summed E-state index contributed by atoms with van der Waals surface area (Å²) in [5, 5.41) is 10.1. The molecule has 1 spiro atoms. The quantitative estimate of drug-likeness (QED) is 0.557. The van der Waals surface area contributed by atoms with Crippen LogP contribution in [0, 0.1) is 46.8 Å². The van der Waals surface area contributed by atoms with E-state index in [1.807, 2.05) is 37.4 Å². The van der Waals surface area contributed by atoms with Gasteiger partial charge in [-0.05, 0) is 98.3 Å². The van der Waals surface area contributed by atoms with E-state index >= 15 is 0 Å². The summed E-state index contributed by atoms with van der Waals surface area (Å²) in [5.41, 5.74) is 3.23. The number of amides is 1. The first-order valence-electron chi connectivity index (χ1n) is 11.5. The zero-order valence-electron chi connectivity index (χ0n) is 18.6. The van der Waals surface area contributed by atoms with Crippen LogP contribution in [0.3, 0.4) is 0 Å². The number of nitrogens with zero attached hydrogens (tertiary/aromatic N) is 3. The lowest BCUT2D eigenvalue weighted by Crippen LogP contribution is -2.42. The summed E-state index contributed by atoms with van der Waals surface area (Å²) in [7, 11) is 0. The predicted octanol–water partition coefficient (Wildman–Crippen LogP) is 5.69. The van der Waals surface area contributed by atoms with Crippen molar-refractivity contribution in [3.8, 4) is 6.07 Å². The van der Waals surface area contributed by atoms with E-state index in [4.69, 9.17) is 4.98 Å². The van der Waals surface area contributed by atoms with E-state index in [9.17, 15) is 10.1 Å². The Hall–Kier alpha value is -2.04. The van der Waals surface area contributed by atoms with Gasteiger partial charge in [0.2, 0.25) is 0 Å². The molecule has 4 aliphatic rings.